The van der Waals surface area contributed by atoms with Crippen molar-refractivity contribution in [2.45, 2.75) is 6.04 Å². The van der Waals surface area contributed by atoms with Gasteiger partial charge >= 0.3 is 0 Å². The number of nitriles is 1. The molecule has 0 N–H and O–H groups in total. The van der Waals surface area contributed by atoms with Crippen LogP contribution >= 0.6 is 11.3 Å². The molecule has 1 saturated heterocycles. The molecule has 30 heavy (non-hydrogen) atoms. The standard InChI is InChI=1S/C25H23N3OS/c26-19-22(18-23-12-7-17-30-23)25(29)28-15-13-27(14-16-28)24(20-8-3-1-4-9-20)21-10-5-2-6-11-21/h1-12,17-18,24H,13-16H2/b22-18+. The highest BCUT2D eigenvalue weighted by Gasteiger charge is 2.29. The summed E-state index contributed by atoms with van der Waals surface area (Å²) in [5.41, 5.74) is 2.70. The average molecular weight is 414 g/mol. The number of carbonyl (C=O) groups excluding carboxylic acids is 1. The van der Waals surface area contributed by atoms with E-state index in [1.165, 1.54) is 22.5 Å². The van der Waals surface area contributed by atoms with Crippen molar-refractivity contribution in [3.8, 4) is 6.07 Å². The normalized spacial score (nSPS) is 15.2. The van der Waals surface area contributed by atoms with Crippen molar-refractivity contribution in [1.82, 2.24) is 9.80 Å². The summed E-state index contributed by atoms with van der Waals surface area (Å²) in [7, 11) is 0. The van der Waals surface area contributed by atoms with Gasteiger partial charge in [0.15, 0.2) is 0 Å². The monoisotopic (exact) mass is 413 g/mol. The Kier molecular flexibility index (Phi) is 6.38. The quantitative estimate of drug-likeness (QED) is 0.454. The highest BCUT2D eigenvalue weighted by Crippen LogP contribution is 2.29. The molecule has 5 heteroatoms. The maximum atomic E-state index is 12.9. The topological polar surface area (TPSA) is 47.3 Å². The molecule has 0 unspecified atom stereocenters. The third-order valence-electron chi connectivity index (χ3n) is 5.38. The van der Waals surface area contributed by atoms with Crippen molar-refractivity contribution in [2.24, 2.45) is 0 Å². The van der Waals surface area contributed by atoms with Crippen LogP contribution in [0.4, 0.5) is 0 Å². The largest absolute Gasteiger partial charge is 0.335 e. The molecule has 1 aliphatic heterocycles. The molecule has 150 valence electrons. The highest BCUT2D eigenvalue weighted by atomic mass is 32.1. The second kappa shape index (κ2) is 9.53. The average Bonchev–Trinajstić information content (AvgIpc) is 3.32. The summed E-state index contributed by atoms with van der Waals surface area (Å²) in [5, 5.41) is 11.4. The molecule has 2 aromatic carbocycles. The van der Waals surface area contributed by atoms with E-state index in [4.69, 9.17) is 0 Å². The van der Waals surface area contributed by atoms with Crippen molar-refractivity contribution in [3.05, 3.63) is 99.8 Å². The highest BCUT2D eigenvalue weighted by molar-refractivity contribution is 7.10. The molecule has 3 aromatic rings. The Bertz CT molecular complexity index is 992. The molecule has 0 saturated carbocycles. The summed E-state index contributed by atoms with van der Waals surface area (Å²) >= 11 is 1.52. The van der Waals surface area contributed by atoms with Gasteiger partial charge in [-0.05, 0) is 28.6 Å². The molecule has 2 heterocycles. The molecule has 0 radical (unpaired) electrons. The third-order valence-corrected chi connectivity index (χ3v) is 6.20. The van der Waals surface area contributed by atoms with E-state index in [0.29, 0.717) is 13.1 Å². The minimum Gasteiger partial charge on any atom is -0.335 e. The maximum Gasteiger partial charge on any atom is 0.264 e. The fourth-order valence-electron chi connectivity index (χ4n) is 3.90. The number of rotatable bonds is 5. The summed E-state index contributed by atoms with van der Waals surface area (Å²) < 4.78 is 0. The number of thiophene rings is 1. The fraction of sp³-hybridized carbons (Fsp3) is 0.200. The molecule has 0 bridgehead atoms. The Morgan fingerprint density at radius 2 is 1.50 bits per heavy atom. The summed E-state index contributed by atoms with van der Waals surface area (Å²) in [4.78, 5) is 18.0. The van der Waals surface area contributed by atoms with E-state index in [1.807, 2.05) is 29.6 Å². The third kappa shape index (κ3) is 4.51. The van der Waals surface area contributed by atoms with Gasteiger partial charge in [0.2, 0.25) is 0 Å². The first kappa shape index (κ1) is 20.1. The summed E-state index contributed by atoms with van der Waals surface area (Å²) in [5.74, 6) is -0.179. The van der Waals surface area contributed by atoms with Crippen LogP contribution in [0.3, 0.4) is 0 Å². The smallest absolute Gasteiger partial charge is 0.264 e. The van der Waals surface area contributed by atoms with Gasteiger partial charge in [-0.25, -0.2) is 0 Å². The van der Waals surface area contributed by atoms with E-state index >= 15 is 0 Å². The molecule has 0 spiro atoms. The van der Waals surface area contributed by atoms with E-state index < -0.39 is 0 Å². The van der Waals surface area contributed by atoms with Gasteiger partial charge in [0.25, 0.3) is 5.91 Å². The second-order valence-electron chi connectivity index (χ2n) is 7.24. The van der Waals surface area contributed by atoms with Gasteiger partial charge in [0, 0.05) is 31.1 Å². The van der Waals surface area contributed by atoms with Crippen LogP contribution in [0.5, 0.6) is 0 Å². The van der Waals surface area contributed by atoms with Crippen LogP contribution in [0.1, 0.15) is 22.0 Å². The predicted octanol–water partition coefficient (Wildman–Crippen LogP) is 4.59. The molecule has 1 fully saturated rings. The van der Waals surface area contributed by atoms with Crippen molar-refractivity contribution < 1.29 is 4.79 Å². The van der Waals surface area contributed by atoms with Crippen molar-refractivity contribution in [3.63, 3.8) is 0 Å². The van der Waals surface area contributed by atoms with Crippen LogP contribution in [-0.2, 0) is 4.79 Å². The Morgan fingerprint density at radius 3 is 2.00 bits per heavy atom. The number of nitrogens with zero attached hydrogens (tertiary/aromatic N) is 3. The number of hydrogen-bond acceptors (Lipinski definition) is 4. The summed E-state index contributed by atoms with van der Waals surface area (Å²) in [6, 6.07) is 27.1. The predicted molar refractivity (Wildman–Crippen MR) is 121 cm³/mol. The molecule has 1 aliphatic rings. The molecular weight excluding hydrogens is 390 g/mol. The van der Waals surface area contributed by atoms with Gasteiger partial charge in [-0.15, -0.1) is 11.3 Å². The number of piperazine rings is 1. The van der Waals surface area contributed by atoms with Crippen LogP contribution in [0.2, 0.25) is 0 Å². The van der Waals surface area contributed by atoms with Gasteiger partial charge in [-0.2, -0.15) is 5.26 Å². The number of benzene rings is 2. The van der Waals surface area contributed by atoms with Gasteiger partial charge in [-0.1, -0.05) is 66.7 Å². The van der Waals surface area contributed by atoms with Crippen LogP contribution in [0, 0.1) is 11.3 Å². The molecular formula is C25H23N3OS. The van der Waals surface area contributed by atoms with Crippen LogP contribution in [-0.4, -0.2) is 41.9 Å². The molecule has 0 atom stereocenters. The first-order valence-electron chi connectivity index (χ1n) is 10.0. The summed E-state index contributed by atoms with van der Waals surface area (Å²) in [6.45, 7) is 2.74. The lowest BCUT2D eigenvalue weighted by Crippen LogP contribution is -2.50. The number of hydrogen-bond donors (Lipinski definition) is 0. The zero-order valence-corrected chi connectivity index (χ0v) is 17.5. The minimum absolute atomic E-state index is 0.154. The SMILES string of the molecule is N#C/C(=C\c1cccs1)C(=O)N1CCN(C(c2ccccc2)c2ccccc2)CC1. The van der Waals surface area contributed by atoms with Crippen LogP contribution < -0.4 is 0 Å². The van der Waals surface area contributed by atoms with Crippen molar-refractivity contribution in [2.75, 3.05) is 26.2 Å². The zero-order chi connectivity index (χ0) is 20.8. The molecule has 1 amide bonds. The van der Waals surface area contributed by atoms with E-state index in [-0.39, 0.29) is 17.5 Å². The van der Waals surface area contributed by atoms with E-state index in [9.17, 15) is 10.1 Å². The summed E-state index contributed by atoms with van der Waals surface area (Å²) in [6.07, 6.45) is 1.69. The number of carbonyl (C=O) groups is 1. The van der Waals surface area contributed by atoms with Gasteiger partial charge in [0.1, 0.15) is 11.6 Å². The van der Waals surface area contributed by atoms with Crippen molar-refractivity contribution in [1.29, 1.82) is 5.26 Å². The van der Waals surface area contributed by atoms with E-state index in [1.54, 1.807) is 11.0 Å². The van der Waals surface area contributed by atoms with Crippen LogP contribution in [0.25, 0.3) is 6.08 Å². The Morgan fingerprint density at radius 1 is 0.900 bits per heavy atom. The lowest BCUT2D eigenvalue weighted by atomic mass is 9.96. The Labute approximate surface area is 181 Å². The lowest BCUT2D eigenvalue weighted by Gasteiger charge is -2.39. The van der Waals surface area contributed by atoms with Gasteiger partial charge in [0.05, 0.1) is 6.04 Å². The second-order valence-corrected chi connectivity index (χ2v) is 8.22. The molecule has 0 aliphatic carbocycles. The van der Waals surface area contributed by atoms with Crippen molar-refractivity contribution >= 4 is 23.3 Å². The molecule has 1 aromatic heterocycles. The minimum atomic E-state index is -0.179. The maximum absolute atomic E-state index is 12.9. The van der Waals surface area contributed by atoms with Gasteiger partial charge in [-0.3, -0.25) is 9.69 Å². The fourth-order valence-corrected chi connectivity index (χ4v) is 4.55. The number of amides is 1. The molecule has 4 rings (SSSR count). The first-order chi connectivity index (χ1) is 14.8. The zero-order valence-electron chi connectivity index (χ0n) is 16.6. The van der Waals surface area contributed by atoms with E-state index in [0.717, 1.165) is 18.0 Å². The Hall–Kier alpha value is -3.20. The van der Waals surface area contributed by atoms with Crippen LogP contribution in [0.15, 0.2) is 83.7 Å². The lowest BCUT2D eigenvalue weighted by molar-refractivity contribution is -0.128. The Balaban J connectivity index is 1.50. The molecule has 4 nitrogen and oxygen atoms in total. The van der Waals surface area contributed by atoms with Gasteiger partial charge < -0.3 is 4.90 Å². The van der Waals surface area contributed by atoms with E-state index in [2.05, 4.69) is 59.5 Å². The first-order valence-corrected chi connectivity index (χ1v) is 10.9.